The van der Waals surface area contributed by atoms with E-state index >= 15 is 0 Å². The highest BCUT2D eigenvalue weighted by Crippen LogP contribution is 2.37. The predicted molar refractivity (Wildman–Crippen MR) is 141 cm³/mol. The number of aryl methyl sites for hydroxylation is 1. The lowest BCUT2D eigenvalue weighted by Gasteiger charge is -2.27. The van der Waals surface area contributed by atoms with Gasteiger partial charge in [0.2, 0.25) is 0 Å². The third kappa shape index (κ3) is 6.55. The standard InChI is InChI=1S/C25H24BrN3O5S/c1-4-10-29-24(32)18(23(31)28-25(29)35)11-16-12-19(26)22(20(13-16)33-5-2)34-14-21(30)27-17-8-6-15(3)7-9-17/h4,6-9,11-13H,1,5,10,14H2,2-3H3,(H,27,30)(H,28,31,35)/b18-11+. The minimum atomic E-state index is -0.595. The van der Waals surface area contributed by atoms with Crippen LogP contribution in [0.1, 0.15) is 18.1 Å². The van der Waals surface area contributed by atoms with Crippen molar-refractivity contribution in [2.45, 2.75) is 13.8 Å². The minimum absolute atomic E-state index is 0.0286. The number of rotatable bonds is 9. The van der Waals surface area contributed by atoms with Gasteiger partial charge in [-0.25, -0.2) is 0 Å². The van der Waals surface area contributed by atoms with Crippen LogP contribution in [-0.2, 0) is 14.4 Å². The first-order valence-corrected chi connectivity index (χ1v) is 11.9. The Kier molecular flexibility index (Phi) is 8.78. The maximum Gasteiger partial charge on any atom is 0.265 e. The molecule has 10 heteroatoms. The summed E-state index contributed by atoms with van der Waals surface area (Å²) in [4.78, 5) is 38.8. The van der Waals surface area contributed by atoms with Crippen molar-refractivity contribution < 1.29 is 23.9 Å². The minimum Gasteiger partial charge on any atom is -0.490 e. The fourth-order valence-corrected chi connectivity index (χ4v) is 4.03. The molecule has 1 saturated heterocycles. The Labute approximate surface area is 217 Å². The summed E-state index contributed by atoms with van der Waals surface area (Å²) in [5, 5.41) is 5.30. The van der Waals surface area contributed by atoms with Crippen LogP contribution < -0.4 is 20.1 Å². The van der Waals surface area contributed by atoms with Crippen molar-refractivity contribution in [2.24, 2.45) is 0 Å². The van der Waals surface area contributed by atoms with Crippen LogP contribution in [0.4, 0.5) is 5.69 Å². The highest BCUT2D eigenvalue weighted by molar-refractivity contribution is 9.10. The number of amides is 3. The molecule has 1 aliphatic rings. The second-order valence-corrected chi connectivity index (χ2v) is 8.73. The van der Waals surface area contributed by atoms with Gasteiger partial charge in [0, 0.05) is 12.2 Å². The first kappa shape index (κ1) is 26.1. The lowest BCUT2D eigenvalue weighted by atomic mass is 10.1. The molecule has 0 spiro atoms. The van der Waals surface area contributed by atoms with Crippen molar-refractivity contribution in [3.8, 4) is 11.5 Å². The molecule has 182 valence electrons. The zero-order chi connectivity index (χ0) is 25.5. The Balaban J connectivity index is 1.82. The van der Waals surface area contributed by atoms with Gasteiger partial charge in [-0.1, -0.05) is 23.8 Å². The van der Waals surface area contributed by atoms with Gasteiger partial charge in [-0.3, -0.25) is 24.6 Å². The number of carbonyl (C=O) groups is 3. The number of carbonyl (C=O) groups excluding carboxylic acids is 3. The van der Waals surface area contributed by atoms with E-state index in [2.05, 4.69) is 33.1 Å². The molecule has 8 nitrogen and oxygen atoms in total. The molecule has 1 fully saturated rings. The molecule has 3 amide bonds. The Morgan fingerprint density at radius 1 is 1.23 bits per heavy atom. The van der Waals surface area contributed by atoms with Gasteiger partial charge in [-0.05, 0) is 77.9 Å². The topological polar surface area (TPSA) is 97.0 Å². The highest BCUT2D eigenvalue weighted by Gasteiger charge is 2.32. The largest absolute Gasteiger partial charge is 0.490 e. The van der Waals surface area contributed by atoms with E-state index in [1.54, 1.807) is 19.1 Å². The lowest BCUT2D eigenvalue weighted by Crippen LogP contribution is -2.53. The average Bonchev–Trinajstić information content (AvgIpc) is 2.80. The summed E-state index contributed by atoms with van der Waals surface area (Å²) in [6.45, 7) is 7.63. The SMILES string of the molecule is C=CCN1C(=O)/C(=C/c2cc(Br)c(OCC(=O)Nc3ccc(C)cc3)c(OCC)c2)C(=O)NC1=S. The molecular weight excluding hydrogens is 534 g/mol. The number of hydrogen-bond donors (Lipinski definition) is 2. The van der Waals surface area contributed by atoms with Crippen LogP contribution in [0, 0.1) is 6.92 Å². The summed E-state index contributed by atoms with van der Waals surface area (Å²) in [5.41, 5.74) is 2.18. The maximum absolute atomic E-state index is 12.8. The molecule has 2 N–H and O–H groups in total. The third-order valence-corrected chi connectivity index (χ3v) is 5.73. The van der Waals surface area contributed by atoms with Crippen molar-refractivity contribution in [1.29, 1.82) is 0 Å². The van der Waals surface area contributed by atoms with E-state index in [1.807, 2.05) is 31.2 Å². The molecule has 2 aromatic rings. The number of ether oxygens (including phenoxy) is 2. The summed E-state index contributed by atoms with van der Waals surface area (Å²) < 4.78 is 11.9. The van der Waals surface area contributed by atoms with Crippen molar-refractivity contribution in [2.75, 3.05) is 25.1 Å². The van der Waals surface area contributed by atoms with Gasteiger partial charge in [-0.2, -0.15) is 0 Å². The molecular formula is C25H24BrN3O5S. The lowest BCUT2D eigenvalue weighted by molar-refractivity contribution is -0.128. The highest BCUT2D eigenvalue weighted by atomic mass is 79.9. The smallest absolute Gasteiger partial charge is 0.265 e. The quantitative estimate of drug-likeness (QED) is 0.209. The molecule has 0 aliphatic carbocycles. The van der Waals surface area contributed by atoms with Gasteiger partial charge in [-0.15, -0.1) is 6.58 Å². The summed E-state index contributed by atoms with van der Waals surface area (Å²) in [7, 11) is 0. The summed E-state index contributed by atoms with van der Waals surface area (Å²) >= 11 is 8.51. The Morgan fingerprint density at radius 3 is 2.60 bits per heavy atom. The van der Waals surface area contributed by atoms with E-state index in [0.717, 1.165) is 5.56 Å². The van der Waals surface area contributed by atoms with E-state index in [4.69, 9.17) is 21.7 Å². The predicted octanol–water partition coefficient (Wildman–Crippen LogP) is 3.99. The second-order valence-electron chi connectivity index (χ2n) is 7.49. The normalized spacial score (nSPS) is 14.5. The van der Waals surface area contributed by atoms with E-state index in [9.17, 15) is 14.4 Å². The van der Waals surface area contributed by atoms with E-state index in [-0.39, 0.29) is 29.7 Å². The fourth-order valence-electron chi connectivity index (χ4n) is 3.20. The number of halogens is 1. The third-order valence-electron chi connectivity index (χ3n) is 4.82. The van der Waals surface area contributed by atoms with Gasteiger partial charge < -0.3 is 14.8 Å². The summed E-state index contributed by atoms with van der Waals surface area (Å²) in [5.74, 6) is -0.790. The molecule has 0 radical (unpaired) electrons. The van der Waals surface area contributed by atoms with Gasteiger partial charge in [0.15, 0.2) is 23.2 Å². The number of nitrogens with zero attached hydrogens (tertiary/aromatic N) is 1. The number of nitrogens with one attached hydrogen (secondary N) is 2. The van der Waals surface area contributed by atoms with Crippen molar-refractivity contribution in [3.05, 3.63) is 70.2 Å². The Morgan fingerprint density at radius 2 is 1.94 bits per heavy atom. The Bertz CT molecular complexity index is 1210. The monoisotopic (exact) mass is 557 g/mol. The number of hydrogen-bond acceptors (Lipinski definition) is 6. The van der Waals surface area contributed by atoms with E-state index < -0.39 is 11.8 Å². The summed E-state index contributed by atoms with van der Waals surface area (Å²) in [6.07, 6.45) is 2.96. The first-order chi connectivity index (χ1) is 16.7. The first-order valence-electron chi connectivity index (χ1n) is 10.7. The average molecular weight is 558 g/mol. The molecule has 0 aromatic heterocycles. The Hall–Kier alpha value is -3.50. The van der Waals surface area contributed by atoms with Crippen LogP contribution in [0.25, 0.3) is 6.08 Å². The van der Waals surface area contributed by atoms with Crippen molar-refractivity contribution in [3.63, 3.8) is 0 Å². The molecule has 1 heterocycles. The molecule has 0 saturated carbocycles. The molecule has 35 heavy (non-hydrogen) atoms. The van der Waals surface area contributed by atoms with Gasteiger partial charge in [0.25, 0.3) is 17.7 Å². The van der Waals surface area contributed by atoms with Gasteiger partial charge in [0.1, 0.15) is 5.57 Å². The summed E-state index contributed by atoms with van der Waals surface area (Å²) in [6, 6.07) is 10.7. The molecule has 0 unspecified atom stereocenters. The molecule has 0 atom stereocenters. The fraction of sp³-hybridized carbons (Fsp3) is 0.200. The number of benzene rings is 2. The van der Waals surface area contributed by atoms with E-state index in [0.29, 0.717) is 33.8 Å². The number of anilines is 1. The van der Waals surface area contributed by atoms with Gasteiger partial charge in [0.05, 0.1) is 11.1 Å². The van der Waals surface area contributed by atoms with Gasteiger partial charge >= 0.3 is 0 Å². The molecule has 2 aromatic carbocycles. The van der Waals surface area contributed by atoms with Crippen LogP contribution in [0.5, 0.6) is 11.5 Å². The van der Waals surface area contributed by atoms with Crippen molar-refractivity contribution >= 4 is 62.7 Å². The molecule has 0 bridgehead atoms. The van der Waals surface area contributed by atoms with E-state index in [1.165, 1.54) is 17.1 Å². The molecule has 3 rings (SSSR count). The molecule has 1 aliphatic heterocycles. The van der Waals surface area contributed by atoms with Crippen LogP contribution in [0.2, 0.25) is 0 Å². The second kappa shape index (κ2) is 11.8. The maximum atomic E-state index is 12.8. The zero-order valence-electron chi connectivity index (χ0n) is 19.2. The van der Waals surface area contributed by atoms with Crippen LogP contribution in [0.15, 0.2) is 59.1 Å². The van der Waals surface area contributed by atoms with Crippen molar-refractivity contribution in [1.82, 2.24) is 10.2 Å². The number of thiocarbonyl (C=S) groups is 1. The van der Waals surface area contributed by atoms with Crippen LogP contribution in [-0.4, -0.2) is 47.5 Å². The zero-order valence-corrected chi connectivity index (χ0v) is 21.6. The van der Waals surface area contributed by atoms with Crippen LogP contribution in [0.3, 0.4) is 0 Å². The van der Waals surface area contributed by atoms with Crippen LogP contribution >= 0.6 is 28.1 Å².